The largest absolute Gasteiger partial charge is 0.727 e. The molecule has 4 saturated heterocycles. The molecule has 4 aliphatic heterocycles. The van der Waals surface area contributed by atoms with E-state index in [1.807, 2.05) is 111 Å². The Kier molecular flexibility index (Phi) is 38.8. The second-order valence-corrected chi connectivity index (χ2v) is 20.0. The van der Waals surface area contributed by atoms with Crippen molar-refractivity contribution in [2.75, 3.05) is 0 Å². The minimum atomic E-state index is -0.429. The lowest BCUT2D eigenvalue weighted by Crippen LogP contribution is -2.60. The zero-order valence-electron chi connectivity index (χ0n) is 36.8. The van der Waals surface area contributed by atoms with Crippen LogP contribution in [0.2, 0.25) is 0 Å². The second kappa shape index (κ2) is 29.6. The van der Waals surface area contributed by atoms with Crippen molar-refractivity contribution in [3.63, 3.8) is 0 Å². The molecule has 372 valence electrons. The molecule has 0 saturated carbocycles. The van der Waals surface area contributed by atoms with Crippen LogP contribution in [0.4, 0.5) is 0 Å². The average molecular weight is 889 g/mol. The van der Waals surface area contributed by atoms with Crippen LogP contribution in [0.15, 0.2) is 0 Å². The number of rotatable bonds is 0. The SMILES string of the molecule is C.C.C.C.CC1(C)CC(O)CC(C)(C)N1O.CC1(C)CC(O)CC(C)(C)N1O.CC1(C)CC(O)CC(C)(C)[N+]1=O.CC1(C)CC(O)CC(C)(C)[N+]1=O.O.O.O=O.[O-]O.[O-]O. The molecule has 0 spiro atoms. The predicted molar refractivity (Wildman–Crippen MR) is 234 cm³/mol. The van der Waals surface area contributed by atoms with Crippen molar-refractivity contribution in [2.45, 2.75) is 261 Å². The van der Waals surface area contributed by atoms with Gasteiger partial charge >= 0.3 is 0 Å². The molecule has 0 unspecified atom stereocenters. The van der Waals surface area contributed by atoms with E-state index in [2.05, 4.69) is 0 Å². The fourth-order valence-corrected chi connectivity index (χ4v) is 8.86. The maximum atomic E-state index is 11.7. The second-order valence-electron chi connectivity index (χ2n) is 20.0. The van der Waals surface area contributed by atoms with Gasteiger partial charge in [-0.25, -0.2) is 0 Å². The van der Waals surface area contributed by atoms with Gasteiger partial charge in [0.1, 0.15) is 0 Å². The minimum Gasteiger partial charge on any atom is -0.727 e. The molecular formula is C40H96N4O16. The Morgan fingerprint density at radius 1 is 0.383 bits per heavy atom. The van der Waals surface area contributed by atoms with E-state index >= 15 is 0 Å². The summed E-state index contributed by atoms with van der Waals surface area (Å²) in [4.78, 5) is 37.4. The highest BCUT2D eigenvalue weighted by atomic mass is 17.0. The van der Waals surface area contributed by atoms with Crippen molar-refractivity contribution >= 4 is 0 Å². The first-order valence-corrected chi connectivity index (χ1v) is 18.2. The summed E-state index contributed by atoms with van der Waals surface area (Å²) in [6.45, 7) is 30.6. The number of aliphatic hydroxyl groups excluding tert-OH is 4. The first kappa shape index (κ1) is 78.7. The molecule has 60 heavy (non-hydrogen) atoms. The molecule has 0 aromatic rings. The van der Waals surface area contributed by atoms with E-state index in [1.54, 1.807) is 0 Å². The van der Waals surface area contributed by atoms with Crippen LogP contribution in [0.5, 0.6) is 0 Å². The number of nitroso groups, excluding NO2 is 2. The third kappa shape index (κ3) is 23.1. The molecule has 4 rings (SSSR count). The monoisotopic (exact) mass is 889 g/mol. The Bertz CT molecular complexity index is 989. The molecule has 0 bridgehead atoms. The van der Waals surface area contributed by atoms with Gasteiger partial charge in [0.2, 0.25) is 22.2 Å². The molecule has 4 fully saturated rings. The van der Waals surface area contributed by atoms with Crippen LogP contribution in [0.3, 0.4) is 0 Å². The highest BCUT2D eigenvalue weighted by molar-refractivity contribution is 4.97. The quantitative estimate of drug-likeness (QED) is 0.0953. The van der Waals surface area contributed by atoms with Crippen molar-refractivity contribution in [2.24, 2.45) is 0 Å². The third-order valence-corrected chi connectivity index (χ3v) is 10.4. The molecule has 0 amide bonds. The van der Waals surface area contributed by atoms with E-state index < -0.39 is 22.2 Å². The van der Waals surface area contributed by atoms with E-state index in [9.17, 15) is 40.7 Å². The van der Waals surface area contributed by atoms with Gasteiger partial charge < -0.3 is 62.8 Å². The summed E-state index contributed by atoms with van der Waals surface area (Å²) in [6, 6.07) is 0. The number of piperidine rings is 4. The van der Waals surface area contributed by atoms with Gasteiger partial charge in [-0.05, 0) is 81.1 Å². The normalized spacial score (nSPS) is 24.0. The van der Waals surface area contributed by atoms with Crippen LogP contribution in [-0.4, -0.2) is 141 Å². The highest BCUT2D eigenvalue weighted by Gasteiger charge is 2.54. The van der Waals surface area contributed by atoms with Crippen LogP contribution in [0.25, 0.3) is 0 Å². The molecule has 12 N–H and O–H groups in total. The summed E-state index contributed by atoms with van der Waals surface area (Å²) >= 11 is 0. The lowest BCUT2D eigenvalue weighted by atomic mass is 9.80. The molecule has 20 heteroatoms. The van der Waals surface area contributed by atoms with Gasteiger partial charge in [-0.15, -0.1) is 0 Å². The fraction of sp³-hybridized carbons (Fsp3) is 1.00. The van der Waals surface area contributed by atoms with Crippen LogP contribution < -0.4 is 10.5 Å². The van der Waals surface area contributed by atoms with Crippen LogP contribution >= 0.6 is 0 Å². The Labute approximate surface area is 362 Å². The van der Waals surface area contributed by atoms with Gasteiger partial charge in [-0.2, -0.15) is 10.1 Å². The summed E-state index contributed by atoms with van der Waals surface area (Å²) in [5.41, 5.74) is -2.99. The van der Waals surface area contributed by atoms with Crippen molar-refractivity contribution in [3.05, 3.63) is 19.7 Å². The molecule has 20 nitrogen and oxygen atoms in total. The maximum Gasteiger partial charge on any atom is 0.208 e. The smallest absolute Gasteiger partial charge is 0.208 e. The number of hydroxylamine groups is 4. The zero-order valence-corrected chi connectivity index (χ0v) is 36.8. The number of aliphatic hydroxyl groups is 4. The molecule has 4 aliphatic rings. The number of hydrogen-bond donors (Lipinski definition) is 8. The molecule has 0 atom stereocenters. The summed E-state index contributed by atoms with van der Waals surface area (Å²) in [5, 5.41) is 86.5. The first-order chi connectivity index (χ1) is 24.0. The standard InChI is InChI=1S/2C9H19NO2.2C9H18NO2.4CH4.2H2O2.O2.2H2O/c4*1-8(2)5-7(11)6-9(3,4)10(8)12;;;;;3*1-2;;/h2*7,11-12H,5-6H2,1-4H3;2*7,11H,5-6H2,1-4H3;4*1H4;2*1-2H;;2*1H2/q;;2*+1;;;;;;;;;/p-2. The summed E-state index contributed by atoms with van der Waals surface area (Å²) in [6.07, 6.45) is 3.55. The van der Waals surface area contributed by atoms with Crippen LogP contribution in [0, 0.1) is 19.7 Å². The Morgan fingerprint density at radius 2 is 0.500 bits per heavy atom. The van der Waals surface area contributed by atoms with Gasteiger partial charge in [-0.3, -0.25) is 0 Å². The molecule has 4 heterocycles. The van der Waals surface area contributed by atoms with Crippen molar-refractivity contribution in [3.8, 4) is 0 Å². The predicted octanol–water partition coefficient (Wildman–Crippen LogP) is 4.33. The molecule has 0 aromatic carbocycles. The fourth-order valence-electron chi connectivity index (χ4n) is 8.86. The van der Waals surface area contributed by atoms with Gasteiger partial charge in [0, 0.05) is 132 Å². The van der Waals surface area contributed by atoms with E-state index in [1.165, 1.54) is 10.1 Å². The summed E-state index contributed by atoms with van der Waals surface area (Å²) < 4.78 is 2.24. The maximum absolute atomic E-state index is 11.7. The molecule has 0 aliphatic carbocycles. The molecule has 0 radical (unpaired) electrons. The van der Waals surface area contributed by atoms with Crippen molar-refractivity contribution in [1.82, 2.24) is 10.1 Å². The van der Waals surface area contributed by atoms with Crippen LogP contribution in [0.1, 0.15) is 192 Å². The summed E-state index contributed by atoms with van der Waals surface area (Å²) in [7, 11) is 0. The third-order valence-electron chi connectivity index (χ3n) is 10.4. The van der Waals surface area contributed by atoms with Gasteiger partial charge in [0.25, 0.3) is 0 Å². The first-order valence-electron chi connectivity index (χ1n) is 18.2. The van der Waals surface area contributed by atoms with Crippen molar-refractivity contribution < 1.29 is 72.3 Å². The summed E-state index contributed by atoms with van der Waals surface area (Å²) in [5.74, 6) is 0. The van der Waals surface area contributed by atoms with Gasteiger partial charge in [0.15, 0.2) is 0 Å². The topological polar surface area (TPSA) is 352 Å². The van der Waals surface area contributed by atoms with E-state index in [-0.39, 0.29) is 87.2 Å². The number of nitrogens with zero attached hydrogens (tertiary/aromatic N) is 4. The van der Waals surface area contributed by atoms with Crippen LogP contribution in [-0.2, 0) is 0 Å². The highest BCUT2D eigenvalue weighted by Crippen LogP contribution is 2.38. The minimum absolute atomic E-state index is 0. The lowest BCUT2D eigenvalue weighted by Gasteiger charge is -2.50. The zero-order chi connectivity index (χ0) is 44.3. The molecular weight excluding hydrogens is 792 g/mol. The van der Waals surface area contributed by atoms with E-state index in [0.717, 1.165) is 9.52 Å². The Balaban J connectivity index is -0.0000000766. The average Bonchev–Trinajstić information content (AvgIpc) is 2.98. The Hall–Kier alpha value is -1.76. The Morgan fingerprint density at radius 3 is 0.633 bits per heavy atom. The van der Waals surface area contributed by atoms with Crippen molar-refractivity contribution in [1.29, 1.82) is 0 Å². The molecule has 0 aromatic heterocycles. The van der Waals surface area contributed by atoms with E-state index in [4.69, 9.17) is 31.0 Å². The van der Waals surface area contributed by atoms with Gasteiger partial charge in [-0.1, -0.05) is 29.7 Å². The lowest BCUT2D eigenvalue weighted by molar-refractivity contribution is -0.696. The number of hydrogen-bond acceptors (Lipinski definition) is 16. The van der Waals surface area contributed by atoms with Gasteiger partial charge in [0.05, 0.1) is 24.4 Å². The van der Waals surface area contributed by atoms with E-state index in [0.29, 0.717) is 51.4 Å².